The minimum atomic E-state index is -1.46. The second-order valence-corrected chi connectivity index (χ2v) is 8.14. The summed E-state index contributed by atoms with van der Waals surface area (Å²) in [6.45, 7) is 5.69. The predicted octanol–water partition coefficient (Wildman–Crippen LogP) is 3.10. The Labute approximate surface area is 191 Å². The molecule has 8 nitrogen and oxygen atoms in total. The molecule has 3 aliphatic rings. The van der Waals surface area contributed by atoms with Crippen LogP contribution in [0.4, 0.5) is 5.69 Å². The van der Waals surface area contributed by atoms with Crippen LogP contribution in [0.5, 0.6) is 0 Å². The van der Waals surface area contributed by atoms with E-state index in [-0.39, 0.29) is 19.1 Å². The number of ether oxygens (including phenoxy) is 2. The molecule has 2 bridgehead atoms. The summed E-state index contributed by atoms with van der Waals surface area (Å²) >= 11 is 6.32. The Bertz CT molecular complexity index is 1010. The molecule has 3 aliphatic heterocycles. The molecule has 4 rings (SSSR count). The minimum Gasteiger partial charge on any atom is -0.466 e. The van der Waals surface area contributed by atoms with Crippen LogP contribution in [0.15, 0.2) is 42.6 Å². The maximum absolute atomic E-state index is 14.0. The van der Waals surface area contributed by atoms with Crippen molar-refractivity contribution < 1.29 is 28.7 Å². The number of anilines is 1. The van der Waals surface area contributed by atoms with Gasteiger partial charge in [-0.2, -0.15) is 5.06 Å². The Morgan fingerprint density at radius 3 is 2.72 bits per heavy atom. The molecule has 0 radical (unpaired) electrons. The van der Waals surface area contributed by atoms with E-state index in [0.29, 0.717) is 22.7 Å². The maximum Gasteiger partial charge on any atom is 0.330 e. The van der Waals surface area contributed by atoms with Crippen molar-refractivity contribution in [2.24, 2.45) is 5.92 Å². The van der Waals surface area contributed by atoms with Gasteiger partial charge >= 0.3 is 11.9 Å². The summed E-state index contributed by atoms with van der Waals surface area (Å²) in [5.41, 5.74) is -0.266. The van der Waals surface area contributed by atoms with Crippen LogP contribution in [0, 0.1) is 5.92 Å². The fourth-order valence-electron chi connectivity index (χ4n) is 4.88. The number of hydrogen-bond donors (Lipinski definition) is 0. The molecule has 9 heteroatoms. The van der Waals surface area contributed by atoms with E-state index in [2.05, 4.69) is 0 Å². The van der Waals surface area contributed by atoms with Crippen molar-refractivity contribution >= 4 is 35.1 Å². The van der Waals surface area contributed by atoms with Gasteiger partial charge in [0.15, 0.2) is 5.54 Å². The molecule has 2 fully saturated rings. The first kappa shape index (κ1) is 22.5. The van der Waals surface area contributed by atoms with Crippen LogP contribution in [-0.4, -0.2) is 48.3 Å². The number of hydroxylamine groups is 2. The molecule has 32 heavy (non-hydrogen) atoms. The number of amides is 1. The van der Waals surface area contributed by atoms with Crippen LogP contribution in [-0.2, 0) is 34.2 Å². The average molecular weight is 461 g/mol. The molecule has 0 saturated carbocycles. The molecule has 3 heterocycles. The third-order valence-electron chi connectivity index (χ3n) is 5.95. The second-order valence-electron chi connectivity index (χ2n) is 7.70. The topological polar surface area (TPSA) is 85.4 Å². The number of esters is 2. The Morgan fingerprint density at radius 1 is 1.28 bits per heavy atom. The first-order chi connectivity index (χ1) is 15.4. The zero-order valence-corrected chi connectivity index (χ0v) is 18.9. The summed E-state index contributed by atoms with van der Waals surface area (Å²) in [5.74, 6) is -2.20. The lowest BCUT2D eigenvalue weighted by atomic mass is 9.72. The van der Waals surface area contributed by atoms with Crippen molar-refractivity contribution in [2.45, 2.75) is 44.9 Å². The number of benzene rings is 1. The molecule has 1 spiro atoms. The number of carbonyl (C=O) groups is 3. The van der Waals surface area contributed by atoms with Gasteiger partial charge in [-0.1, -0.05) is 23.8 Å². The Balaban J connectivity index is 1.86. The number of halogens is 1. The fourth-order valence-corrected chi connectivity index (χ4v) is 5.05. The Kier molecular flexibility index (Phi) is 6.11. The Morgan fingerprint density at radius 2 is 2.03 bits per heavy atom. The highest BCUT2D eigenvalue weighted by Crippen LogP contribution is 2.59. The molecule has 0 N–H and O–H groups in total. The molecule has 0 aromatic heterocycles. The molecule has 2 saturated heterocycles. The van der Waals surface area contributed by atoms with Gasteiger partial charge in [-0.3, -0.25) is 19.3 Å². The van der Waals surface area contributed by atoms with Gasteiger partial charge in [0.1, 0.15) is 5.92 Å². The standard InChI is InChI=1S/C23H25ClN2O6/c1-4-11-25-17-9-7-14(24)12-16(17)23(22(25)29)20(21(28)31-6-3)18-13-15(26(23)32-18)8-10-19(27)30-5-2/h4,7-12,15,18,20H,5-6,13H2,1-3H3/b10-8+,11-4+/t15-,18+,20-,23+/m1/s1. The van der Waals surface area contributed by atoms with E-state index in [1.807, 2.05) is 0 Å². The van der Waals surface area contributed by atoms with Crippen molar-refractivity contribution in [3.8, 4) is 0 Å². The number of allylic oxidation sites excluding steroid dienone is 1. The Hall–Kier alpha value is -2.68. The maximum atomic E-state index is 14.0. The molecule has 1 aromatic rings. The summed E-state index contributed by atoms with van der Waals surface area (Å²) in [7, 11) is 0. The summed E-state index contributed by atoms with van der Waals surface area (Å²) in [4.78, 5) is 46.6. The summed E-state index contributed by atoms with van der Waals surface area (Å²) < 4.78 is 10.3. The van der Waals surface area contributed by atoms with Crippen LogP contribution in [0.25, 0.3) is 0 Å². The molecule has 0 aliphatic carbocycles. The molecule has 170 valence electrons. The van der Waals surface area contributed by atoms with Gasteiger partial charge in [-0.15, -0.1) is 0 Å². The van der Waals surface area contributed by atoms with Crippen molar-refractivity contribution in [3.05, 3.63) is 53.2 Å². The number of nitrogens with zero attached hydrogens (tertiary/aromatic N) is 2. The largest absolute Gasteiger partial charge is 0.466 e. The number of carbonyl (C=O) groups excluding carboxylic acids is 3. The zero-order chi connectivity index (χ0) is 23.0. The molecule has 1 unspecified atom stereocenters. The van der Waals surface area contributed by atoms with E-state index in [1.165, 1.54) is 16.0 Å². The lowest BCUT2D eigenvalue weighted by Gasteiger charge is -2.39. The highest BCUT2D eigenvalue weighted by molar-refractivity contribution is 6.31. The van der Waals surface area contributed by atoms with Crippen LogP contribution < -0.4 is 4.90 Å². The van der Waals surface area contributed by atoms with E-state index in [0.717, 1.165) is 0 Å². The van der Waals surface area contributed by atoms with Crippen molar-refractivity contribution in [2.75, 3.05) is 18.1 Å². The van der Waals surface area contributed by atoms with Gasteiger partial charge in [0.05, 0.1) is 31.0 Å². The smallest absolute Gasteiger partial charge is 0.330 e. The third kappa shape index (κ3) is 3.25. The quantitative estimate of drug-likeness (QED) is 0.476. The first-order valence-electron chi connectivity index (χ1n) is 10.6. The summed E-state index contributed by atoms with van der Waals surface area (Å²) in [6, 6.07) is 4.73. The van der Waals surface area contributed by atoms with E-state index in [4.69, 9.17) is 25.9 Å². The highest BCUT2D eigenvalue weighted by atomic mass is 35.5. The van der Waals surface area contributed by atoms with Gasteiger partial charge in [0.2, 0.25) is 0 Å². The second kappa shape index (κ2) is 8.69. The molecule has 1 amide bonds. The average Bonchev–Trinajstić information content (AvgIpc) is 3.39. The van der Waals surface area contributed by atoms with Gasteiger partial charge in [-0.25, -0.2) is 4.79 Å². The van der Waals surface area contributed by atoms with Crippen LogP contribution in [0.3, 0.4) is 0 Å². The van der Waals surface area contributed by atoms with Gasteiger partial charge in [0, 0.05) is 22.9 Å². The van der Waals surface area contributed by atoms with Gasteiger partial charge in [0.25, 0.3) is 5.91 Å². The van der Waals surface area contributed by atoms with Crippen molar-refractivity contribution in [1.82, 2.24) is 5.06 Å². The van der Waals surface area contributed by atoms with Crippen molar-refractivity contribution in [1.29, 1.82) is 0 Å². The molecule has 5 atom stereocenters. The lowest BCUT2D eigenvalue weighted by Crippen LogP contribution is -2.59. The normalized spacial score (nSPS) is 30.6. The van der Waals surface area contributed by atoms with Crippen LogP contribution in [0.1, 0.15) is 32.8 Å². The molecular weight excluding hydrogens is 436 g/mol. The van der Waals surface area contributed by atoms with E-state index < -0.39 is 35.5 Å². The van der Waals surface area contributed by atoms with Gasteiger partial charge in [-0.05, 0) is 45.4 Å². The summed E-state index contributed by atoms with van der Waals surface area (Å²) in [6.07, 6.45) is 6.21. The van der Waals surface area contributed by atoms with E-state index in [9.17, 15) is 14.4 Å². The zero-order valence-electron chi connectivity index (χ0n) is 18.1. The SMILES string of the molecule is C/C=C/N1C(=O)[C@]2(c3cc(Cl)ccc31)[C@@H](C(=O)OCC)[C@@H]1C[C@@H](/C=C/C(=O)OCC)N2O1. The van der Waals surface area contributed by atoms with E-state index >= 15 is 0 Å². The lowest BCUT2D eigenvalue weighted by molar-refractivity contribution is -0.175. The van der Waals surface area contributed by atoms with E-state index in [1.54, 1.807) is 57.3 Å². The number of fused-ring (bicyclic) bond motifs is 5. The number of rotatable bonds is 6. The predicted molar refractivity (Wildman–Crippen MR) is 116 cm³/mol. The molecular formula is C23H25ClN2O6. The molecule has 1 aromatic carbocycles. The number of hydrogen-bond acceptors (Lipinski definition) is 7. The van der Waals surface area contributed by atoms with Crippen LogP contribution in [0.2, 0.25) is 5.02 Å². The third-order valence-corrected chi connectivity index (χ3v) is 6.18. The monoisotopic (exact) mass is 460 g/mol. The summed E-state index contributed by atoms with van der Waals surface area (Å²) in [5, 5.41) is 1.97. The van der Waals surface area contributed by atoms with Crippen molar-refractivity contribution in [3.63, 3.8) is 0 Å². The minimum absolute atomic E-state index is 0.180. The first-order valence-corrected chi connectivity index (χ1v) is 11.0. The fraction of sp³-hybridized carbons (Fsp3) is 0.435. The van der Waals surface area contributed by atoms with Crippen LogP contribution >= 0.6 is 11.6 Å². The highest BCUT2D eigenvalue weighted by Gasteiger charge is 2.73. The van der Waals surface area contributed by atoms with Gasteiger partial charge < -0.3 is 9.47 Å². The number of piperidine rings is 1.